The fourth-order valence-corrected chi connectivity index (χ4v) is 2.90. The van der Waals surface area contributed by atoms with E-state index < -0.39 is 0 Å². The van der Waals surface area contributed by atoms with Crippen LogP contribution in [0.2, 0.25) is 0 Å². The topological polar surface area (TPSA) is 56.4 Å². The van der Waals surface area contributed by atoms with Gasteiger partial charge in [0.2, 0.25) is 5.56 Å². The number of aromatic nitrogens is 1. The molecule has 1 aromatic heterocycles. The molecule has 0 aliphatic carbocycles. The molecule has 1 unspecified atom stereocenters. The van der Waals surface area contributed by atoms with Crippen LogP contribution in [-0.4, -0.2) is 52.9 Å². The highest BCUT2D eigenvalue weighted by Crippen LogP contribution is 2.22. The van der Waals surface area contributed by atoms with Gasteiger partial charge in [0.1, 0.15) is 0 Å². The standard InChI is InChI=1S/C13H17N3O2/c17-12-4-3-10(8-14-12)13(18)16-7-6-15-5-1-2-11(15)9-16/h3-4,8,11H,1-2,5-7,9H2,(H,14,17). The van der Waals surface area contributed by atoms with Gasteiger partial charge in [0.15, 0.2) is 0 Å². The summed E-state index contributed by atoms with van der Waals surface area (Å²) >= 11 is 0. The Bertz CT molecular complexity index is 491. The molecule has 0 spiro atoms. The first-order valence-corrected chi connectivity index (χ1v) is 6.46. The summed E-state index contributed by atoms with van der Waals surface area (Å²) in [4.78, 5) is 30.2. The first-order chi connectivity index (χ1) is 8.74. The van der Waals surface area contributed by atoms with Gasteiger partial charge in [-0.25, -0.2) is 0 Å². The summed E-state index contributed by atoms with van der Waals surface area (Å²) in [7, 11) is 0. The van der Waals surface area contributed by atoms with E-state index >= 15 is 0 Å². The second-order valence-corrected chi connectivity index (χ2v) is 5.02. The number of nitrogens with zero attached hydrogens (tertiary/aromatic N) is 2. The first-order valence-electron chi connectivity index (χ1n) is 6.46. The van der Waals surface area contributed by atoms with Gasteiger partial charge < -0.3 is 9.88 Å². The average molecular weight is 247 g/mol. The van der Waals surface area contributed by atoms with Gasteiger partial charge in [-0.3, -0.25) is 14.5 Å². The molecule has 2 aliphatic rings. The van der Waals surface area contributed by atoms with Crippen molar-refractivity contribution in [3.8, 4) is 0 Å². The smallest absolute Gasteiger partial charge is 0.255 e. The number of carbonyl (C=O) groups excluding carboxylic acids is 1. The van der Waals surface area contributed by atoms with Gasteiger partial charge in [-0.1, -0.05) is 0 Å². The molecule has 3 rings (SSSR count). The minimum atomic E-state index is -0.174. The van der Waals surface area contributed by atoms with Crippen molar-refractivity contribution >= 4 is 5.91 Å². The van der Waals surface area contributed by atoms with Crippen molar-refractivity contribution in [2.45, 2.75) is 18.9 Å². The monoisotopic (exact) mass is 247 g/mol. The van der Waals surface area contributed by atoms with Crippen LogP contribution in [0.4, 0.5) is 0 Å². The molecule has 3 heterocycles. The lowest BCUT2D eigenvalue weighted by Gasteiger charge is -2.37. The second kappa shape index (κ2) is 4.57. The Morgan fingerprint density at radius 1 is 1.28 bits per heavy atom. The van der Waals surface area contributed by atoms with Gasteiger partial charge in [-0.2, -0.15) is 0 Å². The van der Waals surface area contributed by atoms with Gasteiger partial charge >= 0.3 is 0 Å². The van der Waals surface area contributed by atoms with Crippen LogP contribution in [0.3, 0.4) is 0 Å². The summed E-state index contributed by atoms with van der Waals surface area (Å²) in [5, 5.41) is 0. The quantitative estimate of drug-likeness (QED) is 0.776. The number of fused-ring (bicyclic) bond motifs is 1. The maximum Gasteiger partial charge on any atom is 0.255 e. The zero-order chi connectivity index (χ0) is 12.5. The van der Waals surface area contributed by atoms with Gasteiger partial charge in [0.25, 0.3) is 5.91 Å². The first kappa shape index (κ1) is 11.5. The lowest BCUT2D eigenvalue weighted by molar-refractivity contribution is 0.0571. The van der Waals surface area contributed by atoms with Crippen molar-refractivity contribution in [2.24, 2.45) is 0 Å². The normalized spacial score (nSPS) is 24.0. The number of carbonyl (C=O) groups is 1. The third-order valence-electron chi connectivity index (χ3n) is 3.91. The van der Waals surface area contributed by atoms with Crippen LogP contribution < -0.4 is 5.56 Å². The number of rotatable bonds is 1. The predicted molar refractivity (Wildman–Crippen MR) is 67.6 cm³/mol. The molecule has 1 amide bonds. The molecular weight excluding hydrogens is 230 g/mol. The van der Waals surface area contributed by atoms with Gasteiger partial charge in [0, 0.05) is 37.9 Å². The Morgan fingerprint density at radius 3 is 2.94 bits per heavy atom. The molecule has 0 aromatic carbocycles. The van der Waals surface area contributed by atoms with Crippen molar-refractivity contribution < 1.29 is 4.79 Å². The lowest BCUT2D eigenvalue weighted by atomic mass is 10.1. The molecular formula is C13H17N3O2. The van der Waals surface area contributed by atoms with E-state index in [1.54, 1.807) is 6.07 Å². The van der Waals surface area contributed by atoms with E-state index in [9.17, 15) is 9.59 Å². The van der Waals surface area contributed by atoms with Crippen LogP contribution in [0.15, 0.2) is 23.1 Å². The molecule has 5 heteroatoms. The molecule has 1 N–H and O–H groups in total. The molecule has 96 valence electrons. The number of piperazine rings is 1. The molecule has 2 aliphatic heterocycles. The van der Waals surface area contributed by atoms with Gasteiger partial charge in [-0.05, 0) is 25.5 Å². The maximum atomic E-state index is 12.3. The summed E-state index contributed by atoms with van der Waals surface area (Å²) < 4.78 is 0. The largest absolute Gasteiger partial charge is 0.336 e. The number of pyridine rings is 1. The third kappa shape index (κ3) is 2.06. The van der Waals surface area contributed by atoms with Crippen molar-refractivity contribution in [3.63, 3.8) is 0 Å². The van der Waals surface area contributed by atoms with E-state index in [-0.39, 0.29) is 11.5 Å². The van der Waals surface area contributed by atoms with Gasteiger partial charge in [-0.15, -0.1) is 0 Å². The SMILES string of the molecule is O=C(c1ccc(=O)[nH]c1)N1CCN2CCCC2C1. The molecule has 0 bridgehead atoms. The van der Waals surface area contributed by atoms with Crippen molar-refractivity contribution in [1.82, 2.24) is 14.8 Å². The Hall–Kier alpha value is -1.62. The average Bonchev–Trinajstić information content (AvgIpc) is 2.86. The minimum absolute atomic E-state index is 0.0257. The Morgan fingerprint density at radius 2 is 2.17 bits per heavy atom. The van der Waals surface area contributed by atoms with Crippen molar-refractivity contribution in [2.75, 3.05) is 26.2 Å². The van der Waals surface area contributed by atoms with E-state index in [1.807, 2.05) is 4.90 Å². The predicted octanol–water partition coefficient (Wildman–Crippen LogP) is 0.295. The van der Waals surface area contributed by atoms with Crippen LogP contribution in [-0.2, 0) is 0 Å². The van der Waals surface area contributed by atoms with Crippen LogP contribution in [0.1, 0.15) is 23.2 Å². The van der Waals surface area contributed by atoms with E-state index in [4.69, 9.17) is 0 Å². The molecule has 2 fully saturated rings. The van der Waals surface area contributed by atoms with E-state index in [1.165, 1.54) is 31.6 Å². The fraction of sp³-hybridized carbons (Fsp3) is 0.538. The number of H-pyrrole nitrogens is 1. The molecule has 18 heavy (non-hydrogen) atoms. The number of nitrogens with one attached hydrogen (secondary N) is 1. The molecule has 0 radical (unpaired) electrons. The number of hydrogen-bond donors (Lipinski definition) is 1. The fourth-order valence-electron chi connectivity index (χ4n) is 2.90. The van der Waals surface area contributed by atoms with E-state index in [0.717, 1.165) is 19.6 Å². The lowest BCUT2D eigenvalue weighted by Crippen LogP contribution is -2.52. The van der Waals surface area contributed by atoms with Gasteiger partial charge in [0.05, 0.1) is 5.56 Å². The summed E-state index contributed by atoms with van der Waals surface area (Å²) in [6.45, 7) is 3.75. The number of hydrogen-bond acceptors (Lipinski definition) is 3. The Kier molecular flexibility index (Phi) is 2.91. The molecule has 5 nitrogen and oxygen atoms in total. The summed E-state index contributed by atoms with van der Waals surface area (Å²) in [5.41, 5.74) is 0.396. The molecule has 2 saturated heterocycles. The zero-order valence-electron chi connectivity index (χ0n) is 10.3. The summed E-state index contributed by atoms with van der Waals surface area (Å²) in [6.07, 6.45) is 3.94. The van der Waals surface area contributed by atoms with Crippen LogP contribution in [0.5, 0.6) is 0 Å². The molecule has 0 saturated carbocycles. The summed E-state index contributed by atoms with van der Waals surface area (Å²) in [5.74, 6) is 0.0257. The van der Waals surface area contributed by atoms with Crippen molar-refractivity contribution in [1.29, 1.82) is 0 Å². The minimum Gasteiger partial charge on any atom is -0.336 e. The van der Waals surface area contributed by atoms with Crippen LogP contribution in [0.25, 0.3) is 0 Å². The summed E-state index contributed by atoms with van der Waals surface area (Å²) in [6, 6.07) is 3.53. The zero-order valence-corrected chi connectivity index (χ0v) is 10.3. The van der Waals surface area contributed by atoms with Crippen molar-refractivity contribution in [3.05, 3.63) is 34.2 Å². The number of aromatic amines is 1. The Labute approximate surface area is 105 Å². The Balaban J connectivity index is 1.73. The number of amides is 1. The van der Waals surface area contributed by atoms with E-state index in [2.05, 4.69) is 9.88 Å². The highest BCUT2D eigenvalue weighted by atomic mass is 16.2. The van der Waals surface area contributed by atoms with Crippen LogP contribution >= 0.6 is 0 Å². The third-order valence-corrected chi connectivity index (χ3v) is 3.91. The molecule has 1 aromatic rings. The highest BCUT2D eigenvalue weighted by Gasteiger charge is 2.32. The second-order valence-electron chi connectivity index (χ2n) is 5.02. The maximum absolute atomic E-state index is 12.3. The van der Waals surface area contributed by atoms with E-state index in [0.29, 0.717) is 11.6 Å². The van der Waals surface area contributed by atoms with Crippen LogP contribution in [0, 0.1) is 0 Å². The highest BCUT2D eigenvalue weighted by molar-refractivity contribution is 5.93. The molecule has 1 atom stereocenters.